The van der Waals surface area contributed by atoms with Crippen LogP contribution in [0.4, 0.5) is 0 Å². The Balaban J connectivity index is 0.000000200. The first kappa shape index (κ1) is 17.0. The standard InChI is InChI=1S/2C10H16/c2*1-8(2)10-6-4-9(3)5-7-10/h2*4,6,8,10H,3,5,7H2,1-2H3/t2*10-/m10/s1. The lowest BCUT2D eigenvalue weighted by Gasteiger charge is -2.20. The maximum atomic E-state index is 3.92. The Morgan fingerprint density at radius 2 is 1.15 bits per heavy atom. The fraction of sp³-hybridized carbons (Fsp3) is 0.600. The summed E-state index contributed by atoms with van der Waals surface area (Å²) < 4.78 is 0. The van der Waals surface area contributed by atoms with Gasteiger partial charge < -0.3 is 0 Å². The molecule has 0 amide bonds. The van der Waals surface area contributed by atoms with Crippen molar-refractivity contribution in [2.24, 2.45) is 23.7 Å². The molecule has 0 radical (unpaired) electrons. The van der Waals surface area contributed by atoms with Crippen LogP contribution in [0.5, 0.6) is 0 Å². The van der Waals surface area contributed by atoms with Crippen LogP contribution in [-0.4, -0.2) is 0 Å². The minimum atomic E-state index is 0.796. The lowest BCUT2D eigenvalue weighted by Crippen LogP contribution is -2.08. The molecule has 0 aliphatic heterocycles. The molecule has 0 aromatic heterocycles. The monoisotopic (exact) mass is 272 g/mol. The van der Waals surface area contributed by atoms with Gasteiger partial charge in [-0.1, -0.05) is 76.3 Å². The van der Waals surface area contributed by atoms with Crippen molar-refractivity contribution in [2.75, 3.05) is 0 Å². The Morgan fingerprint density at radius 3 is 1.35 bits per heavy atom. The molecule has 112 valence electrons. The summed E-state index contributed by atoms with van der Waals surface area (Å²) in [4.78, 5) is 0. The molecule has 0 heteroatoms. The molecule has 0 N–H and O–H groups in total. The van der Waals surface area contributed by atoms with Crippen molar-refractivity contribution < 1.29 is 0 Å². The van der Waals surface area contributed by atoms with Crippen LogP contribution in [0.25, 0.3) is 0 Å². The molecular formula is C20H32. The molecule has 0 aromatic rings. The van der Waals surface area contributed by atoms with Crippen molar-refractivity contribution in [3.05, 3.63) is 48.6 Å². The van der Waals surface area contributed by atoms with Crippen molar-refractivity contribution >= 4 is 0 Å². The Bertz CT molecular complexity index is 341. The van der Waals surface area contributed by atoms with Gasteiger partial charge in [0, 0.05) is 0 Å². The van der Waals surface area contributed by atoms with E-state index in [0.29, 0.717) is 0 Å². The van der Waals surface area contributed by atoms with Crippen LogP contribution in [-0.2, 0) is 0 Å². The quantitative estimate of drug-likeness (QED) is 0.551. The van der Waals surface area contributed by atoms with Crippen LogP contribution in [0.1, 0.15) is 53.4 Å². The summed E-state index contributed by atoms with van der Waals surface area (Å²) in [5.74, 6) is 3.18. The molecule has 0 saturated heterocycles. The molecule has 2 aliphatic rings. The van der Waals surface area contributed by atoms with Gasteiger partial charge in [0.15, 0.2) is 0 Å². The first-order valence-electron chi connectivity index (χ1n) is 8.12. The third-order valence-corrected chi connectivity index (χ3v) is 4.47. The van der Waals surface area contributed by atoms with E-state index in [4.69, 9.17) is 0 Å². The number of hydrogen-bond acceptors (Lipinski definition) is 0. The second kappa shape index (κ2) is 8.29. The van der Waals surface area contributed by atoms with E-state index < -0.39 is 0 Å². The Morgan fingerprint density at radius 1 is 0.800 bits per heavy atom. The van der Waals surface area contributed by atoms with Gasteiger partial charge in [0.05, 0.1) is 0 Å². The predicted octanol–water partition coefficient (Wildman–Crippen LogP) is 6.33. The number of hydrogen-bond donors (Lipinski definition) is 0. The third kappa shape index (κ3) is 5.94. The topological polar surface area (TPSA) is 0 Å². The Labute approximate surface area is 126 Å². The predicted molar refractivity (Wildman–Crippen MR) is 91.7 cm³/mol. The van der Waals surface area contributed by atoms with Gasteiger partial charge in [0.2, 0.25) is 0 Å². The average Bonchev–Trinajstić information content (AvgIpc) is 2.40. The molecule has 2 aliphatic carbocycles. The summed E-state index contributed by atoms with van der Waals surface area (Å²) in [5, 5.41) is 0. The SMILES string of the molecule is C=C1C=C[C@@H](C(C)C)CC1.C=C1C=C[C@H](C(C)C)CC1. The lowest BCUT2D eigenvalue weighted by molar-refractivity contribution is 0.429. The van der Waals surface area contributed by atoms with E-state index in [1.807, 2.05) is 0 Å². The minimum absolute atomic E-state index is 0.796. The molecule has 0 spiro atoms. The van der Waals surface area contributed by atoms with E-state index in [2.05, 4.69) is 65.2 Å². The molecule has 0 fully saturated rings. The van der Waals surface area contributed by atoms with Gasteiger partial charge in [-0.25, -0.2) is 0 Å². The second-order valence-corrected chi connectivity index (χ2v) is 6.93. The minimum Gasteiger partial charge on any atom is -0.0958 e. The highest BCUT2D eigenvalue weighted by Gasteiger charge is 2.13. The third-order valence-electron chi connectivity index (χ3n) is 4.47. The fourth-order valence-electron chi connectivity index (χ4n) is 2.69. The lowest BCUT2D eigenvalue weighted by atomic mass is 9.85. The smallest absolute Gasteiger partial charge is 0.0204 e. The van der Waals surface area contributed by atoms with Gasteiger partial charge in [-0.2, -0.15) is 0 Å². The summed E-state index contributed by atoms with van der Waals surface area (Å²) in [5.41, 5.74) is 2.58. The van der Waals surface area contributed by atoms with E-state index in [0.717, 1.165) is 23.7 Å². The average molecular weight is 272 g/mol. The van der Waals surface area contributed by atoms with Crippen LogP contribution in [0.15, 0.2) is 48.6 Å². The van der Waals surface area contributed by atoms with E-state index >= 15 is 0 Å². The molecule has 0 unspecified atom stereocenters. The van der Waals surface area contributed by atoms with Crippen molar-refractivity contribution in [2.45, 2.75) is 53.4 Å². The Kier molecular flexibility index (Phi) is 7.05. The molecule has 2 atom stereocenters. The first-order chi connectivity index (χ1) is 9.40. The van der Waals surface area contributed by atoms with Crippen LogP contribution in [0.3, 0.4) is 0 Å². The van der Waals surface area contributed by atoms with Gasteiger partial charge in [0.1, 0.15) is 0 Å². The largest absolute Gasteiger partial charge is 0.0958 e. The number of rotatable bonds is 2. The summed E-state index contributed by atoms with van der Waals surface area (Å²) in [6.07, 6.45) is 13.9. The van der Waals surface area contributed by atoms with Crippen molar-refractivity contribution in [3.8, 4) is 0 Å². The molecule has 20 heavy (non-hydrogen) atoms. The summed E-state index contributed by atoms with van der Waals surface area (Å²) in [6.45, 7) is 17.0. The van der Waals surface area contributed by atoms with E-state index in [-0.39, 0.29) is 0 Å². The molecule has 0 aromatic carbocycles. The molecule has 0 heterocycles. The zero-order chi connectivity index (χ0) is 15.1. The van der Waals surface area contributed by atoms with Gasteiger partial charge in [-0.3, -0.25) is 0 Å². The van der Waals surface area contributed by atoms with Gasteiger partial charge >= 0.3 is 0 Å². The Hall–Kier alpha value is -1.04. The van der Waals surface area contributed by atoms with Gasteiger partial charge in [-0.05, 0) is 49.4 Å². The fourth-order valence-corrected chi connectivity index (χ4v) is 2.69. The zero-order valence-corrected chi connectivity index (χ0v) is 13.9. The van der Waals surface area contributed by atoms with Crippen LogP contribution >= 0.6 is 0 Å². The maximum absolute atomic E-state index is 3.92. The highest BCUT2D eigenvalue weighted by molar-refractivity contribution is 5.19. The van der Waals surface area contributed by atoms with Crippen LogP contribution < -0.4 is 0 Å². The van der Waals surface area contributed by atoms with Gasteiger partial charge in [0.25, 0.3) is 0 Å². The summed E-state index contributed by atoms with van der Waals surface area (Å²) in [7, 11) is 0. The van der Waals surface area contributed by atoms with Crippen LogP contribution in [0.2, 0.25) is 0 Å². The van der Waals surface area contributed by atoms with E-state index in [1.54, 1.807) is 0 Å². The zero-order valence-electron chi connectivity index (χ0n) is 13.9. The molecular weight excluding hydrogens is 240 g/mol. The van der Waals surface area contributed by atoms with Crippen molar-refractivity contribution in [1.82, 2.24) is 0 Å². The van der Waals surface area contributed by atoms with Gasteiger partial charge in [-0.15, -0.1) is 0 Å². The maximum Gasteiger partial charge on any atom is -0.0204 e. The second-order valence-electron chi connectivity index (χ2n) is 6.93. The molecule has 0 saturated carbocycles. The highest BCUT2D eigenvalue weighted by Crippen LogP contribution is 2.26. The first-order valence-corrected chi connectivity index (χ1v) is 8.12. The van der Waals surface area contributed by atoms with E-state index in [9.17, 15) is 0 Å². The summed E-state index contributed by atoms with van der Waals surface area (Å²) in [6, 6.07) is 0. The molecule has 0 bridgehead atoms. The summed E-state index contributed by atoms with van der Waals surface area (Å²) >= 11 is 0. The van der Waals surface area contributed by atoms with Crippen molar-refractivity contribution in [3.63, 3.8) is 0 Å². The van der Waals surface area contributed by atoms with E-state index in [1.165, 1.54) is 36.8 Å². The molecule has 2 rings (SSSR count). The number of allylic oxidation sites excluding steroid dienone is 6. The van der Waals surface area contributed by atoms with Crippen LogP contribution in [0, 0.1) is 23.7 Å². The molecule has 0 nitrogen and oxygen atoms in total. The highest BCUT2D eigenvalue weighted by atomic mass is 14.2. The normalized spacial score (nSPS) is 25.9. The van der Waals surface area contributed by atoms with Crippen molar-refractivity contribution in [1.29, 1.82) is 0 Å².